The van der Waals surface area contributed by atoms with E-state index in [9.17, 15) is 24.3 Å². The summed E-state index contributed by atoms with van der Waals surface area (Å²) in [4.78, 5) is 51.7. The van der Waals surface area contributed by atoms with Gasteiger partial charge < -0.3 is 15.2 Å². The van der Waals surface area contributed by atoms with Crippen molar-refractivity contribution in [1.82, 2.24) is 10.2 Å². The molecule has 1 amide bonds. The number of carboxylic acids is 1. The van der Waals surface area contributed by atoms with Crippen molar-refractivity contribution in [3.8, 4) is 11.1 Å². The summed E-state index contributed by atoms with van der Waals surface area (Å²) in [6.07, 6.45) is 0.00119. The number of carboxylic acid groups (broad SMARTS) is 1. The molecule has 0 radical (unpaired) electrons. The number of aliphatic carboxylic acids is 1. The fourth-order valence-corrected chi connectivity index (χ4v) is 6.11. The van der Waals surface area contributed by atoms with Crippen LogP contribution in [0.2, 0.25) is 0 Å². The Morgan fingerprint density at radius 1 is 1.00 bits per heavy atom. The highest BCUT2D eigenvalue weighted by atomic mass is 16.6. The van der Waals surface area contributed by atoms with Crippen LogP contribution in [0.1, 0.15) is 57.1 Å². The molecule has 0 unspecified atom stereocenters. The van der Waals surface area contributed by atoms with Crippen LogP contribution < -0.4 is 5.32 Å². The van der Waals surface area contributed by atoms with E-state index in [2.05, 4.69) is 5.32 Å². The van der Waals surface area contributed by atoms with Crippen molar-refractivity contribution in [2.75, 3.05) is 13.2 Å². The van der Waals surface area contributed by atoms with Gasteiger partial charge in [-0.15, -0.1) is 0 Å². The zero-order valence-electron chi connectivity index (χ0n) is 21.8. The van der Waals surface area contributed by atoms with E-state index < -0.39 is 24.1 Å². The molecule has 1 saturated carbocycles. The van der Waals surface area contributed by atoms with Crippen LogP contribution in [0, 0.1) is 5.41 Å². The van der Waals surface area contributed by atoms with Crippen molar-refractivity contribution in [3.63, 3.8) is 0 Å². The first-order chi connectivity index (χ1) is 18.1. The smallest absolute Gasteiger partial charge is 0.410 e. The molecule has 2 aromatic rings. The van der Waals surface area contributed by atoms with Crippen molar-refractivity contribution in [3.05, 3.63) is 70.9 Å². The third-order valence-corrected chi connectivity index (χ3v) is 7.79. The quantitative estimate of drug-likeness (QED) is 0.450. The van der Waals surface area contributed by atoms with Gasteiger partial charge >= 0.3 is 12.1 Å². The lowest BCUT2D eigenvalue weighted by Crippen LogP contribution is -2.41. The van der Waals surface area contributed by atoms with Crippen molar-refractivity contribution in [2.24, 2.45) is 5.41 Å². The first-order valence-electron chi connectivity index (χ1n) is 12.9. The van der Waals surface area contributed by atoms with Gasteiger partial charge in [0, 0.05) is 43.5 Å². The van der Waals surface area contributed by atoms with Crippen LogP contribution >= 0.6 is 0 Å². The number of hydrogen-bond donors (Lipinski definition) is 2. The van der Waals surface area contributed by atoms with Crippen LogP contribution in [-0.2, 0) is 19.1 Å². The largest absolute Gasteiger partial charge is 0.480 e. The Labute approximate surface area is 221 Å². The van der Waals surface area contributed by atoms with Gasteiger partial charge in [0.15, 0.2) is 11.6 Å². The lowest BCUT2D eigenvalue weighted by molar-refractivity contribution is -0.141. The number of Topliss-reactive ketones (excluding diaryl/α,β-unsaturated/α-hetero) is 2. The zero-order chi connectivity index (χ0) is 27.2. The Hall–Kier alpha value is -3.94. The second kappa shape index (κ2) is 9.74. The maximum Gasteiger partial charge on any atom is 0.410 e. The summed E-state index contributed by atoms with van der Waals surface area (Å²) < 4.78 is 5.71. The normalized spacial score (nSPS) is 22.2. The number of likely N-dealkylation sites (tertiary alicyclic amines) is 1. The number of nitrogens with zero attached hydrogens (tertiary/aromatic N) is 1. The van der Waals surface area contributed by atoms with Gasteiger partial charge in [-0.3, -0.25) is 14.5 Å². The molecule has 0 aromatic heterocycles. The molecule has 3 aliphatic rings. The monoisotopic (exact) mass is 516 g/mol. The van der Waals surface area contributed by atoms with Gasteiger partial charge in [-0.2, -0.15) is 0 Å². The molecule has 1 saturated heterocycles. The standard InChI is InChI=1S/C30H32N2O6/c1-17(27-25(33)13-30(2,3)14-26(27)34)31-18-12-24(28(35)36)32(15-18)29(37)38-16-23-21-10-6-4-8-19(21)20-9-5-7-11-22(20)23/h4-11,18,23-24,31H,12-16H2,1-3H3,(H,35,36)/t18-,24-/m1/s1. The fraction of sp³-hybridized carbons (Fsp3) is 0.400. The molecule has 2 atom stereocenters. The van der Waals surface area contributed by atoms with Crippen molar-refractivity contribution >= 4 is 23.6 Å². The third kappa shape index (κ3) is 4.71. The number of amides is 1. The van der Waals surface area contributed by atoms with E-state index in [1.54, 1.807) is 6.92 Å². The molecule has 8 heteroatoms. The first-order valence-corrected chi connectivity index (χ1v) is 12.9. The Bertz CT molecular complexity index is 1290. The molecule has 1 aliphatic heterocycles. The van der Waals surface area contributed by atoms with Gasteiger partial charge in [0.25, 0.3) is 0 Å². The molecule has 8 nitrogen and oxygen atoms in total. The molecular weight excluding hydrogens is 484 g/mol. The van der Waals surface area contributed by atoms with Gasteiger partial charge in [-0.1, -0.05) is 62.4 Å². The average Bonchev–Trinajstić information content (AvgIpc) is 3.41. The number of nitrogens with one attached hydrogen (secondary N) is 1. The molecule has 5 rings (SSSR count). The minimum atomic E-state index is -1.13. The van der Waals surface area contributed by atoms with Crippen LogP contribution in [-0.4, -0.2) is 58.9 Å². The summed E-state index contributed by atoms with van der Waals surface area (Å²) in [6.45, 7) is 5.63. The summed E-state index contributed by atoms with van der Waals surface area (Å²) >= 11 is 0. The molecule has 2 N–H and O–H groups in total. The molecule has 38 heavy (non-hydrogen) atoms. The first kappa shape index (κ1) is 25.7. The Morgan fingerprint density at radius 2 is 1.55 bits per heavy atom. The molecule has 2 fully saturated rings. The molecule has 198 valence electrons. The second-order valence-corrected chi connectivity index (χ2v) is 11.3. The average molecular weight is 517 g/mol. The van der Waals surface area contributed by atoms with Gasteiger partial charge in [0.05, 0.1) is 5.57 Å². The predicted molar refractivity (Wildman–Crippen MR) is 140 cm³/mol. The topological polar surface area (TPSA) is 113 Å². The highest BCUT2D eigenvalue weighted by Crippen LogP contribution is 2.44. The number of fused-ring (bicyclic) bond motifs is 3. The lowest BCUT2D eigenvalue weighted by atomic mass is 9.73. The highest BCUT2D eigenvalue weighted by molar-refractivity contribution is 6.22. The van der Waals surface area contributed by atoms with Crippen LogP contribution in [0.25, 0.3) is 11.1 Å². The van der Waals surface area contributed by atoms with Crippen LogP contribution in [0.3, 0.4) is 0 Å². The number of carbonyl (C=O) groups excluding carboxylic acids is 3. The van der Waals surface area contributed by atoms with E-state index in [1.165, 1.54) is 4.90 Å². The predicted octanol–water partition coefficient (Wildman–Crippen LogP) is 4.28. The molecule has 0 spiro atoms. The van der Waals surface area contributed by atoms with Crippen LogP contribution in [0.5, 0.6) is 0 Å². The van der Waals surface area contributed by atoms with Crippen molar-refractivity contribution in [1.29, 1.82) is 0 Å². The molecule has 2 aliphatic carbocycles. The number of allylic oxidation sites excluding steroid dienone is 2. The summed E-state index contributed by atoms with van der Waals surface area (Å²) in [5, 5.41) is 13.0. The van der Waals surface area contributed by atoms with Gasteiger partial charge in [-0.05, 0) is 34.6 Å². The number of rotatable bonds is 5. The Kier molecular flexibility index (Phi) is 6.59. The lowest BCUT2D eigenvalue weighted by Gasteiger charge is -2.30. The molecular formula is C30H32N2O6. The summed E-state index contributed by atoms with van der Waals surface area (Å²) in [7, 11) is 0. The minimum absolute atomic E-state index is 0.0894. The number of ketones is 2. The van der Waals surface area contributed by atoms with E-state index in [1.807, 2.05) is 62.4 Å². The maximum atomic E-state index is 13.1. The summed E-state index contributed by atoms with van der Waals surface area (Å²) in [5.41, 5.74) is 4.57. The fourth-order valence-electron chi connectivity index (χ4n) is 6.11. The van der Waals surface area contributed by atoms with Gasteiger partial charge in [-0.25, -0.2) is 9.59 Å². The van der Waals surface area contributed by atoms with Crippen molar-refractivity contribution < 1.29 is 29.0 Å². The highest BCUT2D eigenvalue weighted by Gasteiger charge is 2.42. The second-order valence-electron chi connectivity index (χ2n) is 11.3. The maximum absolute atomic E-state index is 13.1. The zero-order valence-corrected chi connectivity index (χ0v) is 21.8. The van der Waals surface area contributed by atoms with Crippen LogP contribution in [0.4, 0.5) is 4.79 Å². The van der Waals surface area contributed by atoms with E-state index in [0.29, 0.717) is 5.70 Å². The summed E-state index contributed by atoms with van der Waals surface area (Å²) in [6, 6.07) is 14.5. The third-order valence-electron chi connectivity index (χ3n) is 7.79. The molecule has 0 bridgehead atoms. The minimum Gasteiger partial charge on any atom is -0.480 e. The van der Waals surface area contributed by atoms with E-state index in [4.69, 9.17) is 4.74 Å². The summed E-state index contributed by atoms with van der Waals surface area (Å²) in [5.74, 6) is -1.68. The Morgan fingerprint density at radius 3 is 2.11 bits per heavy atom. The number of hydrogen-bond acceptors (Lipinski definition) is 6. The number of ether oxygens (including phenoxy) is 1. The Balaban J connectivity index is 1.29. The molecule has 1 heterocycles. The SMILES string of the molecule is CC(N[C@@H]1C[C@H](C(=O)O)N(C(=O)OCC2c3ccccc3-c3ccccc32)C1)=C1C(=O)CC(C)(C)CC1=O. The molecule has 2 aromatic carbocycles. The van der Waals surface area contributed by atoms with E-state index >= 15 is 0 Å². The van der Waals surface area contributed by atoms with E-state index in [-0.39, 0.29) is 60.9 Å². The van der Waals surface area contributed by atoms with E-state index in [0.717, 1.165) is 22.3 Å². The van der Waals surface area contributed by atoms with Gasteiger partial charge in [0.2, 0.25) is 0 Å². The number of carbonyl (C=O) groups is 4. The van der Waals surface area contributed by atoms with Gasteiger partial charge in [0.1, 0.15) is 12.6 Å². The number of benzene rings is 2. The van der Waals surface area contributed by atoms with Crippen molar-refractivity contribution in [2.45, 2.75) is 58.0 Å². The van der Waals surface area contributed by atoms with Crippen LogP contribution in [0.15, 0.2) is 59.8 Å².